The van der Waals surface area contributed by atoms with Gasteiger partial charge in [0, 0.05) is 41.8 Å². The van der Waals surface area contributed by atoms with Crippen molar-refractivity contribution in [1.29, 1.82) is 0 Å². The second kappa shape index (κ2) is 10.5. The van der Waals surface area contributed by atoms with Crippen LogP contribution >= 0.6 is 23.4 Å². The zero-order valence-corrected chi connectivity index (χ0v) is 19.3. The summed E-state index contributed by atoms with van der Waals surface area (Å²) in [7, 11) is 0. The average molecular weight is 457 g/mol. The fraction of sp³-hybridized carbons (Fsp3) is 0.261. The fourth-order valence-corrected chi connectivity index (χ4v) is 4.09. The number of aromatic nitrogens is 2. The van der Waals surface area contributed by atoms with E-state index < -0.39 is 0 Å². The van der Waals surface area contributed by atoms with Crippen molar-refractivity contribution in [2.75, 3.05) is 24.2 Å². The molecule has 1 N–H and O–H groups in total. The number of rotatable bonds is 8. The molecule has 0 unspecified atom stereocenters. The Labute approximate surface area is 191 Å². The summed E-state index contributed by atoms with van der Waals surface area (Å²) in [5.74, 6) is 0.0447. The van der Waals surface area contributed by atoms with Gasteiger partial charge in [-0.25, -0.2) is 4.98 Å². The number of benzene rings is 2. The minimum absolute atomic E-state index is 0.0124. The van der Waals surface area contributed by atoms with Crippen LogP contribution in [0.25, 0.3) is 5.69 Å². The molecule has 1 aromatic heterocycles. The van der Waals surface area contributed by atoms with E-state index in [2.05, 4.69) is 10.3 Å². The first kappa shape index (κ1) is 22.9. The molecule has 0 bridgehead atoms. The predicted molar refractivity (Wildman–Crippen MR) is 126 cm³/mol. The summed E-state index contributed by atoms with van der Waals surface area (Å²) >= 11 is 7.58. The first-order valence-electron chi connectivity index (χ1n) is 10.0. The number of thioether (sulfide) groups is 1. The predicted octanol–water partition coefficient (Wildman–Crippen LogP) is 5.05. The summed E-state index contributed by atoms with van der Waals surface area (Å²) in [6, 6.07) is 12.7. The molecule has 0 aliphatic carbocycles. The van der Waals surface area contributed by atoms with Crippen LogP contribution in [0.5, 0.6) is 0 Å². The quantitative estimate of drug-likeness (QED) is 0.482. The Hall–Kier alpha value is -2.77. The first-order valence-corrected chi connectivity index (χ1v) is 11.4. The average Bonchev–Trinajstić information content (AvgIpc) is 3.24. The maximum Gasteiger partial charge on any atom is 0.253 e. The highest BCUT2D eigenvalue weighted by Gasteiger charge is 2.14. The molecule has 0 aliphatic rings. The van der Waals surface area contributed by atoms with Crippen LogP contribution in [0.4, 0.5) is 5.69 Å². The van der Waals surface area contributed by atoms with Gasteiger partial charge in [0.2, 0.25) is 5.91 Å². The molecular weight excluding hydrogens is 432 g/mol. The molecule has 0 saturated carbocycles. The van der Waals surface area contributed by atoms with Gasteiger partial charge in [-0.05, 0) is 62.7 Å². The van der Waals surface area contributed by atoms with Crippen LogP contribution < -0.4 is 5.32 Å². The van der Waals surface area contributed by atoms with Crippen molar-refractivity contribution in [2.24, 2.45) is 0 Å². The normalized spacial score (nSPS) is 10.7. The van der Waals surface area contributed by atoms with Crippen LogP contribution in [0.15, 0.2) is 60.0 Å². The van der Waals surface area contributed by atoms with Crippen molar-refractivity contribution >= 4 is 40.9 Å². The minimum atomic E-state index is -0.148. The maximum atomic E-state index is 12.4. The molecule has 1 heterocycles. The lowest BCUT2D eigenvalue weighted by molar-refractivity contribution is -0.113. The molecule has 3 aromatic rings. The Kier molecular flexibility index (Phi) is 7.76. The van der Waals surface area contributed by atoms with Crippen LogP contribution in [0.3, 0.4) is 0 Å². The summed E-state index contributed by atoms with van der Waals surface area (Å²) in [6.45, 7) is 7.18. The Morgan fingerprint density at radius 1 is 1.13 bits per heavy atom. The lowest BCUT2D eigenvalue weighted by Crippen LogP contribution is -2.30. The largest absolute Gasteiger partial charge is 0.339 e. The Morgan fingerprint density at radius 3 is 2.52 bits per heavy atom. The molecule has 6 nitrogen and oxygen atoms in total. The van der Waals surface area contributed by atoms with Gasteiger partial charge in [-0.15, -0.1) is 0 Å². The zero-order chi connectivity index (χ0) is 22.4. The van der Waals surface area contributed by atoms with E-state index in [1.54, 1.807) is 35.4 Å². The van der Waals surface area contributed by atoms with Crippen molar-refractivity contribution in [1.82, 2.24) is 14.5 Å². The SMILES string of the molecule is CCN(CC)C(=O)c1ccc(NC(=O)CSc2nccn2-c2cccc(Cl)c2C)cc1. The molecule has 3 rings (SSSR count). The second-order valence-electron chi connectivity index (χ2n) is 6.86. The van der Waals surface area contributed by atoms with E-state index in [0.717, 1.165) is 11.3 Å². The van der Waals surface area contributed by atoms with Crippen molar-refractivity contribution in [3.8, 4) is 5.69 Å². The number of carbonyl (C=O) groups is 2. The smallest absolute Gasteiger partial charge is 0.253 e. The molecule has 2 aromatic carbocycles. The third kappa shape index (κ3) is 5.48. The summed E-state index contributed by atoms with van der Waals surface area (Å²) in [4.78, 5) is 30.9. The molecule has 0 radical (unpaired) electrons. The summed E-state index contributed by atoms with van der Waals surface area (Å²) in [5, 5.41) is 4.26. The maximum absolute atomic E-state index is 12.4. The van der Waals surface area contributed by atoms with Gasteiger partial charge in [0.1, 0.15) is 0 Å². The van der Waals surface area contributed by atoms with Crippen LogP contribution in [0.1, 0.15) is 29.8 Å². The number of halogens is 1. The van der Waals surface area contributed by atoms with E-state index in [0.29, 0.717) is 34.5 Å². The van der Waals surface area contributed by atoms with Gasteiger partial charge < -0.3 is 10.2 Å². The van der Waals surface area contributed by atoms with Crippen molar-refractivity contribution in [3.05, 3.63) is 71.0 Å². The summed E-state index contributed by atoms with van der Waals surface area (Å²) in [5.41, 5.74) is 3.14. The van der Waals surface area contributed by atoms with Crippen LogP contribution in [-0.2, 0) is 4.79 Å². The molecule has 0 fully saturated rings. The van der Waals surface area contributed by atoms with Crippen LogP contribution in [0, 0.1) is 6.92 Å². The third-order valence-corrected chi connectivity index (χ3v) is 6.28. The molecule has 0 aliphatic heterocycles. The number of hydrogen-bond donors (Lipinski definition) is 1. The highest BCUT2D eigenvalue weighted by molar-refractivity contribution is 7.99. The zero-order valence-electron chi connectivity index (χ0n) is 17.8. The third-order valence-electron chi connectivity index (χ3n) is 4.90. The standard InChI is InChI=1S/C23H25ClN4O2S/c1-4-27(5-2)22(30)17-9-11-18(12-10-17)26-21(29)15-31-23-25-13-14-28(23)20-8-6-7-19(24)16(20)3/h6-14H,4-5,15H2,1-3H3,(H,26,29). The molecule has 31 heavy (non-hydrogen) atoms. The number of amides is 2. The van der Waals surface area contributed by atoms with Gasteiger partial charge in [0.25, 0.3) is 5.91 Å². The summed E-state index contributed by atoms with van der Waals surface area (Å²) in [6.07, 6.45) is 3.55. The first-order chi connectivity index (χ1) is 14.9. The van der Waals surface area contributed by atoms with Gasteiger partial charge >= 0.3 is 0 Å². The number of nitrogens with zero attached hydrogens (tertiary/aromatic N) is 3. The van der Waals surface area contributed by atoms with E-state index in [1.165, 1.54) is 11.8 Å². The molecule has 2 amide bonds. The van der Waals surface area contributed by atoms with Gasteiger partial charge in [-0.1, -0.05) is 29.4 Å². The van der Waals surface area contributed by atoms with Crippen molar-refractivity contribution < 1.29 is 9.59 Å². The topological polar surface area (TPSA) is 67.2 Å². The molecule has 0 saturated heterocycles. The van der Waals surface area contributed by atoms with Crippen LogP contribution in [0.2, 0.25) is 5.02 Å². The minimum Gasteiger partial charge on any atom is -0.339 e. The van der Waals surface area contributed by atoms with E-state index in [1.807, 2.05) is 49.7 Å². The summed E-state index contributed by atoms with van der Waals surface area (Å²) < 4.78 is 1.92. The van der Waals surface area contributed by atoms with Gasteiger partial charge in [-0.3, -0.25) is 14.2 Å². The highest BCUT2D eigenvalue weighted by atomic mass is 35.5. The number of anilines is 1. The van der Waals surface area contributed by atoms with Gasteiger partial charge in [0.15, 0.2) is 5.16 Å². The molecule has 162 valence electrons. The molecule has 0 atom stereocenters. The number of imidazole rings is 1. The lowest BCUT2D eigenvalue weighted by atomic mass is 10.2. The monoisotopic (exact) mass is 456 g/mol. The number of carbonyl (C=O) groups excluding carboxylic acids is 2. The Morgan fingerprint density at radius 2 is 1.84 bits per heavy atom. The van der Waals surface area contributed by atoms with Crippen molar-refractivity contribution in [2.45, 2.75) is 25.9 Å². The highest BCUT2D eigenvalue weighted by Crippen LogP contribution is 2.26. The van der Waals surface area contributed by atoms with E-state index in [9.17, 15) is 9.59 Å². The Bertz CT molecular complexity index is 1060. The lowest BCUT2D eigenvalue weighted by Gasteiger charge is -2.18. The second-order valence-corrected chi connectivity index (χ2v) is 8.21. The molecule has 0 spiro atoms. The van der Waals surface area contributed by atoms with Crippen molar-refractivity contribution in [3.63, 3.8) is 0 Å². The van der Waals surface area contributed by atoms with Gasteiger partial charge in [0.05, 0.1) is 11.4 Å². The van der Waals surface area contributed by atoms with E-state index >= 15 is 0 Å². The molecular formula is C23H25ClN4O2S. The molecule has 8 heteroatoms. The van der Waals surface area contributed by atoms with Gasteiger partial charge in [-0.2, -0.15) is 0 Å². The Balaban J connectivity index is 1.61. The van der Waals surface area contributed by atoms with Crippen LogP contribution in [-0.4, -0.2) is 45.1 Å². The number of nitrogens with one attached hydrogen (secondary N) is 1. The number of hydrogen-bond acceptors (Lipinski definition) is 4. The fourth-order valence-electron chi connectivity index (χ4n) is 3.15. The van der Waals surface area contributed by atoms with E-state index in [-0.39, 0.29) is 17.6 Å². The van der Waals surface area contributed by atoms with E-state index in [4.69, 9.17) is 11.6 Å².